The van der Waals surface area contributed by atoms with Crippen LogP contribution in [-0.2, 0) is 4.79 Å². The number of thioether (sulfide) groups is 1. The Balaban J connectivity index is 2.18. The number of aromatic nitrogens is 2. The number of hydrogen-bond acceptors (Lipinski definition) is 9. The molecule has 2 rings (SSSR count). The SMILES string of the molecule is CSc1nc(N)c([N+](=O)[O-])c(OC(=O)C2CN(C(=O)O)C2)n1. The van der Waals surface area contributed by atoms with Crippen molar-refractivity contribution in [2.75, 3.05) is 25.1 Å². The maximum Gasteiger partial charge on any atom is 0.407 e. The van der Waals surface area contributed by atoms with Gasteiger partial charge in [-0.2, -0.15) is 9.97 Å². The van der Waals surface area contributed by atoms with Crippen LogP contribution in [0.25, 0.3) is 0 Å². The third-order valence-corrected chi connectivity index (χ3v) is 3.45. The Morgan fingerprint density at radius 2 is 2.14 bits per heavy atom. The number of carboxylic acid groups (broad SMARTS) is 1. The molecule has 1 aliphatic rings. The number of hydrogen-bond donors (Lipinski definition) is 2. The van der Waals surface area contributed by atoms with Gasteiger partial charge in [-0.15, -0.1) is 0 Å². The molecule has 1 fully saturated rings. The van der Waals surface area contributed by atoms with Gasteiger partial charge in [0.2, 0.25) is 5.82 Å². The summed E-state index contributed by atoms with van der Waals surface area (Å²) in [5.41, 5.74) is 4.78. The minimum Gasteiger partial charge on any atom is -0.465 e. The zero-order valence-electron chi connectivity index (χ0n) is 11.3. The van der Waals surface area contributed by atoms with Crippen LogP contribution in [0, 0.1) is 16.0 Å². The predicted octanol–water partition coefficient (Wildman–Crippen LogP) is 0.204. The summed E-state index contributed by atoms with van der Waals surface area (Å²) in [5, 5.41) is 19.8. The Hall–Kier alpha value is -2.63. The molecular weight excluding hydrogens is 318 g/mol. The average Bonchev–Trinajstić information content (AvgIpc) is 2.34. The molecular formula is C10H11N5O6S. The van der Waals surface area contributed by atoms with Crippen molar-refractivity contribution < 1.29 is 24.4 Å². The summed E-state index contributed by atoms with van der Waals surface area (Å²) < 4.78 is 4.92. The molecule has 1 aliphatic heterocycles. The second kappa shape index (κ2) is 6.01. The van der Waals surface area contributed by atoms with Gasteiger partial charge in [-0.1, -0.05) is 11.8 Å². The number of carbonyl (C=O) groups is 2. The number of nitrogen functional groups attached to an aromatic ring is 1. The van der Waals surface area contributed by atoms with Crippen molar-refractivity contribution in [2.45, 2.75) is 5.16 Å². The molecule has 1 saturated heterocycles. The summed E-state index contributed by atoms with van der Waals surface area (Å²) in [6, 6.07) is 0. The zero-order chi connectivity index (χ0) is 16.4. The summed E-state index contributed by atoms with van der Waals surface area (Å²) in [7, 11) is 0. The number of likely N-dealkylation sites (tertiary alicyclic amines) is 1. The largest absolute Gasteiger partial charge is 0.465 e. The van der Waals surface area contributed by atoms with Crippen LogP contribution in [0.15, 0.2) is 5.16 Å². The van der Waals surface area contributed by atoms with Gasteiger partial charge in [-0.05, 0) is 6.26 Å². The van der Waals surface area contributed by atoms with Crippen LogP contribution in [0.5, 0.6) is 5.88 Å². The zero-order valence-corrected chi connectivity index (χ0v) is 12.1. The molecule has 0 radical (unpaired) electrons. The third-order valence-electron chi connectivity index (χ3n) is 2.91. The lowest BCUT2D eigenvalue weighted by molar-refractivity contribution is -0.385. The van der Waals surface area contributed by atoms with Crippen molar-refractivity contribution in [3.05, 3.63) is 10.1 Å². The van der Waals surface area contributed by atoms with E-state index in [1.807, 2.05) is 0 Å². The molecule has 11 nitrogen and oxygen atoms in total. The molecule has 2 heterocycles. The summed E-state index contributed by atoms with van der Waals surface area (Å²) in [6.45, 7) is -0.0597. The van der Waals surface area contributed by atoms with Crippen LogP contribution in [0.1, 0.15) is 0 Å². The normalized spacial score (nSPS) is 14.3. The smallest absolute Gasteiger partial charge is 0.407 e. The van der Waals surface area contributed by atoms with Gasteiger partial charge < -0.3 is 20.5 Å². The van der Waals surface area contributed by atoms with Crippen molar-refractivity contribution in [1.29, 1.82) is 0 Å². The van der Waals surface area contributed by atoms with Gasteiger partial charge in [0.1, 0.15) is 0 Å². The van der Waals surface area contributed by atoms with Crippen molar-refractivity contribution in [1.82, 2.24) is 14.9 Å². The monoisotopic (exact) mass is 329 g/mol. The van der Waals surface area contributed by atoms with E-state index in [9.17, 15) is 19.7 Å². The molecule has 0 aliphatic carbocycles. The van der Waals surface area contributed by atoms with Gasteiger partial charge in [0.05, 0.1) is 10.8 Å². The highest BCUT2D eigenvalue weighted by molar-refractivity contribution is 7.98. The summed E-state index contributed by atoms with van der Waals surface area (Å²) >= 11 is 1.08. The number of anilines is 1. The standard InChI is InChI=1S/C10H11N5O6S/c1-22-9-12-6(11)5(15(19)20)7(13-9)21-8(16)4-2-14(3-4)10(17)18/h4H,2-3H2,1H3,(H,17,18)(H2,11,12,13). The molecule has 0 spiro atoms. The molecule has 1 aromatic heterocycles. The molecule has 1 amide bonds. The number of ether oxygens (including phenoxy) is 1. The van der Waals surface area contributed by atoms with E-state index >= 15 is 0 Å². The number of amides is 1. The topological polar surface area (TPSA) is 162 Å². The van der Waals surface area contributed by atoms with E-state index in [-0.39, 0.29) is 18.2 Å². The first-order chi connectivity index (χ1) is 10.3. The van der Waals surface area contributed by atoms with Gasteiger partial charge in [0, 0.05) is 13.1 Å². The van der Waals surface area contributed by atoms with Crippen LogP contribution in [0.2, 0.25) is 0 Å². The first kappa shape index (κ1) is 15.8. The minimum absolute atomic E-state index is 0.0298. The van der Waals surface area contributed by atoms with E-state index in [0.29, 0.717) is 0 Å². The number of nitro groups is 1. The van der Waals surface area contributed by atoms with Gasteiger partial charge in [0.15, 0.2) is 5.16 Å². The van der Waals surface area contributed by atoms with Gasteiger partial charge in [0.25, 0.3) is 0 Å². The highest BCUT2D eigenvalue weighted by Gasteiger charge is 2.38. The lowest BCUT2D eigenvalue weighted by Gasteiger charge is -2.34. The number of esters is 1. The predicted molar refractivity (Wildman–Crippen MR) is 73.6 cm³/mol. The van der Waals surface area contributed by atoms with E-state index in [0.717, 1.165) is 16.7 Å². The Labute approximate surface area is 127 Å². The summed E-state index contributed by atoms with van der Waals surface area (Å²) in [6.07, 6.45) is 0.481. The molecule has 0 atom stereocenters. The molecule has 118 valence electrons. The molecule has 1 aromatic rings. The lowest BCUT2D eigenvalue weighted by Crippen LogP contribution is -2.53. The highest BCUT2D eigenvalue weighted by Crippen LogP contribution is 2.32. The Morgan fingerprint density at radius 3 is 2.64 bits per heavy atom. The third kappa shape index (κ3) is 3.00. The van der Waals surface area contributed by atoms with Crippen LogP contribution in [0.3, 0.4) is 0 Å². The van der Waals surface area contributed by atoms with E-state index in [4.69, 9.17) is 15.6 Å². The first-order valence-electron chi connectivity index (χ1n) is 5.89. The second-order valence-electron chi connectivity index (χ2n) is 4.31. The van der Waals surface area contributed by atoms with Gasteiger partial charge >= 0.3 is 23.6 Å². The fraction of sp³-hybridized carbons (Fsp3) is 0.400. The Kier molecular flexibility index (Phi) is 4.30. The van der Waals surface area contributed by atoms with Gasteiger partial charge in [-0.3, -0.25) is 14.9 Å². The molecule has 12 heteroatoms. The van der Waals surface area contributed by atoms with Crippen molar-refractivity contribution in [3.8, 4) is 5.88 Å². The number of rotatable bonds is 4. The molecule has 0 aromatic carbocycles. The molecule has 0 unspecified atom stereocenters. The highest BCUT2D eigenvalue weighted by atomic mass is 32.2. The minimum atomic E-state index is -1.15. The Morgan fingerprint density at radius 1 is 1.50 bits per heavy atom. The van der Waals surface area contributed by atoms with Crippen molar-refractivity contribution >= 4 is 35.3 Å². The molecule has 0 saturated carbocycles. The maximum atomic E-state index is 11.9. The Bertz CT molecular complexity index is 647. The van der Waals surface area contributed by atoms with Gasteiger partial charge in [-0.25, -0.2) is 4.79 Å². The maximum absolute atomic E-state index is 11.9. The van der Waals surface area contributed by atoms with E-state index in [1.54, 1.807) is 6.26 Å². The second-order valence-corrected chi connectivity index (χ2v) is 5.09. The van der Waals surface area contributed by atoms with Crippen LogP contribution in [0.4, 0.5) is 16.3 Å². The first-order valence-corrected chi connectivity index (χ1v) is 7.11. The molecule has 3 N–H and O–H groups in total. The average molecular weight is 329 g/mol. The lowest BCUT2D eigenvalue weighted by atomic mass is 10.0. The van der Waals surface area contributed by atoms with Crippen molar-refractivity contribution in [2.24, 2.45) is 5.92 Å². The van der Waals surface area contributed by atoms with E-state index in [1.165, 1.54) is 0 Å². The molecule has 22 heavy (non-hydrogen) atoms. The summed E-state index contributed by atoms with van der Waals surface area (Å²) in [5.74, 6) is -2.44. The van der Waals surface area contributed by atoms with Crippen molar-refractivity contribution in [3.63, 3.8) is 0 Å². The fourth-order valence-corrected chi connectivity index (χ4v) is 2.09. The fourth-order valence-electron chi connectivity index (χ4n) is 1.73. The summed E-state index contributed by atoms with van der Waals surface area (Å²) in [4.78, 5) is 41.1. The van der Waals surface area contributed by atoms with E-state index < -0.39 is 40.3 Å². The molecule has 0 bridgehead atoms. The number of nitrogens with zero attached hydrogens (tertiary/aromatic N) is 4. The van der Waals surface area contributed by atoms with Crippen LogP contribution in [-0.4, -0.2) is 56.3 Å². The number of carbonyl (C=O) groups excluding carboxylic acids is 1. The quantitative estimate of drug-likeness (QED) is 0.256. The van der Waals surface area contributed by atoms with Crippen LogP contribution >= 0.6 is 11.8 Å². The number of nitrogens with two attached hydrogens (primary N) is 1. The van der Waals surface area contributed by atoms with E-state index in [2.05, 4.69) is 9.97 Å². The van der Waals surface area contributed by atoms with Crippen LogP contribution < -0.4 is 10.5 Å².